The van der Waals surface area contributed by atoms with Gasteiger partial charge in [0, 0.05) is 10.9 Å². The zero-order valence-electron chi connectivity index (χ0n) is 10.4. The van der Waals surface area contributed by atoms with Crippen molar-refractivity contribution in [1.82, 2.24) is 9.97 Å². The quantitative estimate of drug-likeness (QED) is 0.723. The van der Waals surface area contributed by atoms with Gasteiger partial charge in [-0.1, -0.05) is 12.1 Å². The molecule has 2 N–H and O–H groups in total. The smallest absolute Gasteiger partial charge is 0.162 e. The van der Waals surface area contributed by atoms with Crippen molar-refractivity contribution in [3.05, 3.63) is 53.8 Å². The van der Waals surface area contributed by atoms with E-state index in [0.29, 0.717) is 17.2 Å². The molecular formula is C15H12FN3. The van der Waals surface area contributed by atoms with Gasteiger partial charge in [-0.05, 0) is 42.8 Å². The summed E-state index contributed by atoms with van der Waals surface area (Å²) in [6, 6.07) is 12.3. The van der Waals surface area contributed by atoms with Gasteiger partial charge in [0.25, 0.3) is 0 Å². The van der Waals surface area contributed by atoms with Crippen molar-refractivity contribution in [1.29, 1.82) is 0 Å². The third kappa shape index (κ3) is 2.01. The third-order valence-electron chi connectivity index (χ3n) is 3.05. The number of nitrogens with two attached hydrogens (primary N) is 1. The average Bonchev–Trinajstić information content (AvgIpc) is 2.42. The number of anilines is 1. The van der Waals surface area contributed by atoms with Crippen LogP contribution in [-0.2, 0) is 0 Å². The van der Waals surface area contributed by atoms with Crippen LogP contribution in [0.5, 0.6) is 0 Å². The minimum atomic E-state index is -0.238. The van der Waals surface area contributed by atoms with E-state index in [1.165, 1.54) is 6.07 Å². The second kappa shape index (κ2) is 4.31. The van der Waals surface area contributed by atoms with Crippen LogP contribution in [0.3, 0.4) is 0 Å². The second-order valence-corrected chi connectivity index (χ2v) is 4.41. The first-order valence-corrected chi connectivity index (χ1v) is 5.94. The monoisotopic (exact) mass is 253 g/mol. The van der Waals surface area contributed by atoms with E-state index in [0.717, 1.165) is 16.5 Å². The Morgan fingerprint density at radius 3 is 2.63 bits per heavy atom. The first-order chi connectivity index (χ1) is 9.15. The van der Waals surface area contributed by atoms with Crippen molar-refractivity contribution in [2.45, 2.75) is 6.92 Å². The highest BCUT2D eigenvalue weighted by atomic mass is 19.1. The summed E-state index contributed by atoms with van der Waals surface area (Å²) in [4.78, 5) is 8.75. The fourth-order valence-corrected chi connectivity index (χ4v) is 2.01. The lowest BCUT2D eigenvalue weighted by Gasteiger charge is -2.06. The highest BCUT2D eigenvalue weighted by Crippen LogP contribution is 2.24. The maximum absolute atomic E-state index is 13.3. The summed E-state index contributed by atoms with van der Waals surface area (Å²) in [6.07, 6.45) is 0. The molecule has 0 bridgehead atoms. The van der Waals surface area contributed by atoms with Crippen molar-refractivity contribution in [2.75, 3.05) is 5.73 Å². The van der Waals surface area contributed by atoms with Crippen LogP contribution in [0.15, 0.2) is 42.5 Å². The molecule has 0 atom stereocenters. The molecule has 2 aromatic carbocycles. The van der Waals surface area contributed by atoms with E-state index in [1.807, 2.05) is 24.3 Å². The van der Waals surface area contributed by atoms with Gasteiger partial charge in [0.2, 0.25) is 0 Å². The maximum Gasteiger partial charge on any atom is 0.162 e. The molecular weight excluding hydrogens is 241 g/mol. The molecule has 0 aliphatic rings. The first kappa shape index (κ1) is 11.6. The molecule has 3 aromatic rings. The van der Waals surface area contributed by atoms with Gasteiger partial charge in [0.05, 0.1) is 5.52 Å². The van der Waals surface area contributed by atoms with Crippen LogP contribution in [0.4, 0.5) is 10.2 Å². The van der Waals surface area contributed by atoms with Crippen molar-refractivity contribution in [3.8, 4) is 11.4 Å². The van der Waals surface area contributed by atoms with Gasteiger partial charge in [-0.2, -0.15) is 0 Å². The van der Waals surface area contributed by atoms with Crippen molar-refractivity contribution >= 4 is 16.7 Å². The molecule has 0 fully saturated rings. The Labute approximate surface area is 109 Å². The van der Waals surface area contributed by atoms with Gasteiger partial charge in [-0.25, -0.2) is 14.4 Å². The lowest BCUT2D eigenvalue weighted by atomic mass is 10.1. The number of hydrogen-bond donors (Lipinski definition) is 1. The molecule has 0 saturated heterocycles. The fourth-order valence-electron chi connectivity index (χ4n) is 2.01. The van der Waals surface area contributed by atoms with Crippen LogP contribution in [0.25, 0.3) is 22.3 Å². The number of halogens is 1. The van der Waals surface area contributed by atoms with E-state index in [1.54, 1.807) is 19.1 Å². The standard InChI is InChI=1S/C15H12FN3/c1-9-8-10(6-7-12(9)16)15-18-13-5-3-2-4-11(13)14(17)19-15/h2-8H,1H3,(H2,17,18,19). The van der Waals surface area contributed by atoms with Gasteiger partial charge in [-0.15, -0.1) is 0 Å². The van der Waals surface area contributed by atoms with E-state index in [2.05, 4.69) is 9.97 Å². The number of aromatic nitrogens is 2. The molecule has 1 aromatic heterocycles. The van der Waals surface area contributed by atoms with E-state index in [9.17, 15) is 4.39 Å². The van der Waals surface area contributed by atoms with E-state index in [-0.39, 0.29) is 5.82 Å². The number of fused-ring (bicyclic) bond motifs is 1. The molecule has 0 amide bonds. The minimum Gasteiger partial charge on any atom is -0.383 e. The van der Waals surface area contributed by atoms with Crippen molar-refractivity contribution < 1.29 is 4.39 Å². The van der Waals surface area contributed by atoms with Gasteiger partial charge < -0.3 is 5.73 Å². The van der Waals surface area contributed by atoms with Crippen molar-refractivity contribution in [3.63, 3.8) is 0 Å². The number of nitrogens with zero attached hydrogens (tertiary/aromatic N) is 2. The number of benzene rings is 2. The number of nitrogen functional groups attached to an aromatic ring is 1. The molecule has 4 heteroatoms. The lowest BCUT2D eigenvalue weighted by molar-refractivity contribution is 0.618. The number of rotatable bonds is 1. The summed E-state index contributed by atoms with van der Waals surface area (Å²) >= 11 is 0. The molecule has 0 spiro atoms. The van der Waals surface area contributed by atoms with Crippen LogP contribution in [-0.4, -0.2) is 9.97 Å². The molecule has 94 valence electrons. The highest BCUT2D eigenvalue weighted by Gasteiger charge is 2.08. The van der Waals surface area contributed by atoms with Crippen LogP contribution >= 0.6 is 0 Å². The summed E-state index contributed by atoms with van der Waals surface area (Å²) in [5.41, 5.74) is 8.04. The molecule has 1 heterocycles. The zero-order chi connectivity index (χ0) is 13.4. The Morgan fingerprint density at radius 1 is 1.05 bits per heavy atom. The Balaban J connectivity index is 2.22. The normalized spacial score (nSPS) is 10.8. The predicted octanol–water partition coefficient (Wildman–Crippen LogP) is 3.33. The summed E-state index contributed by atoms with van der Waals surface area (Å²) in [5.74, 6) is 0.708. The molecule has 0 unspecified atom stereocenters. The summed E-state index contributed by atoms with van der Waals surface area (Å²) < 4.78 is 13.3. The first-order valence-electron chi connectivity index (χ1n) is 5.94. The summed E-state index contributed by atoms with van der Waals surface area (Å²) in [5, 5.41) is 0.824. The molecule has 19 heavy (non-hydrogen) atoms. The zero-order valence-corrected chi connectivity index (χ0v) is 10.4. The highest BCUT2D eigenvalue weighted by molar-refractivity contribution is 5.89. The topological polar surface area (TPSA) is 51.8 Å². The Bertz CT molecular complexity index is 768. The molecule has 0 saturated carbocycles. The molecule has 3 nitrogen and oxygen atoms in total. The lowest BCUT2D eigenvalue weighted by Crippen LogP contribution is -1.98. The van der Waals surface area contributed by atoms with Gasteiger partial charge in [-0.3, -0.25) is 0 Å². The fraction of sp³-hybridized carbons (Fsp3) is 0.0667. The largest absolute Gasteiger partial charge is 0.383 e. The number of para-hydroxylation sites is 1. The molecule has 0 aliphatic heterocycles. The molecule has 3 rings (SSSR count). The second-order valence-electron chi connectivity index (χ2n) is 4.41. The van der Waals surface area contributed by atoms with Crippen molar-refractivity contribution in [2.24, 2.45) is 0 Å². The van der Waals surface area contributed by atoms with Gasteiger partial charge >= 0.3 is 0 Å². The van der Waals surface area contributed by atoms with E-state index in [4.69, 9.17) is 5.73 Å². The predicted molar refractivity (Wildman–Crippen MR) is 74.1 cm³/mol. The molecule has 0 aliphatic carbocycles. The Morgan fingerprint density at radius 2 is 1.84 bits per heavy atom. The number of hydrogen-bond acceptors (Lipinski definition) is 3. The minimum absolute atomic E-state index is 0.238. The molecule has 0 radical (unpaired) electrons. The van der Waals surface area contributed by atoms with Gasteiger partial charge in [0.1, 0.15) is 11.6 Å². The van der Waals surface area contributed by atoms with E-state index < -0.39 is 0 Å². The maximum atomic E-state index is 13.3. The number of aryl methyl sites for hydroxylation is 1. The summed E-state index contributed by atoms with van der Waals surface area (Å²) in [7, 11) is 0. The third-order valence-corrected chi connectivity index (χ3v) is 3.05. The average molecular weight is 253 g/mol. The Kier molecular flexibility index (Phi) is 2.63. The van der Waals surface area contributed by atoms with Gasteiger partial charge in [0.15, 0.2) is 5.82 Å². The van der Waals surface area contributed by atoms with Crippen LogP contribution < -0.4 is 5.73 Å². The van der Waals surface area contributed by atoms with Crippen LogP contribution in [0.2, 0.25) is 0 Å². The van der Waals surface area contributed by atoms with E-state index >= 15 is 0 Å². The van der Waals surface area contributed by atoms with Crippen LogP contribution in [0.1, 0.15) is 5.56 Å². The van der Waals surface area contributed by atoms with Crippen LogP contribution in [0, 0.1) is 12.7 Å². The summed E-state index contributed by atoms with van der Waals surface area (Å²) in [6.45, 7) is 1.71. The SMILES string of the molecule is Cc1cc(-c2nc(N)c3ccccc3n2)ccc1F. The Hall–Kier alpha value is -2.49.